The Morgan fingerprint density at radius 3 is 2.46 bits per heavy atom. The van der Waals surface area contributed by atoms with Crippen molar-refractivity contribution in [3.63, 3.8) is 0 Å². The highest BCUT2D eigenvalue weighted by Crippen LogP contribution is 2.61. The van der Waals surface area contributed by atoms with Crippen LogP contribution in [0.1, 0.15) is 65.2 Å². The van der Waals surface area contributed by atoms with Crippen molar-refractivity contribution >= 4 is 19.7 Å². The number of hydrogen-bond donors (Lipinski definition) is 2. The second-order valence-corrected chi connectivity index (χ2v) is 15.3. The van der Waals surface area contributed by atoms with Gasteiger partial charge in [0.1, 0.15) is 5.82 Å². The number of nitrogens with zero attached hydrogens (tertiary/aromatic N) is 2. The van der Waals surface area contributed by atoms with Gasteiger partial charge in [0.15, 0.2) is 8.32 Å². The lowest BCUT2D eigenvalue weighted by Gasteiger charge is -2.51. The first-order valence-electron chi connectivity index (χ1n) is 13.5. The van der Waals surface area contributed by atoms with E-state index >= 15 is 0 Å². The minimum atomic E-state index is -2.04. The molecular weight excluding hydrogens is 481 g/mol. The Morgan fingerprint density at radius 2 is 1.86 bits per heavy atom. The zero-order valence-corrected chi connectivity index (χ0v) is 23.5. The summed E-state index contributed by atoms with van der Waals surface area (Å²) in [7, 11) is -2.04. The van der Waals surface area contributed by atoms with Crippen LogP contribution in [-0.4, -0.2) is 29.7 Å². The van der Waals surface area contributed by atoms with Crippen molar-refractivity contribution in [2.45, 2.75) is 83.2 Å². The first-order chi connectivity index (χ1) is 17.7. The molecule has 1 heterocycles. The van der Waals surface area contributed by atoms with Gasteiger partial charge in [0.2, 0.25) is 0 Å². The normalized spacial score (nSPS) is 26.8. The van der Waals surface area contributed by atoms with E-state index < -0.39 is 20.0 Å². The van der Waals surface area contributed by atoms with E-state index in [0.29, 0.717) is 24.2 Å². The number of rotatable bonds is 9. The molecule has 198 valence electrons. The van der Waals surface area contributed by atoms with Crippen LogP contribution in [0.2, 0.25) is 18.1 Å². The fourth-order valence-corrected chi connectivity index (χ4v) is 9.40. The third-order valence-corrected chi connectivity index (χ3v) is 13.6. The van der Waals surface area contributed by atoms with Gasteiger partial charge in [-0.25, -0.2) is 9.38 Å². The Bertz CT molecular complexity index is 1170. The third-order valence-electron chi connectivity index (χ3n) is 8.87. The molecule has 0 saturated heterocycles. The van der Waals surface area contributed by atoms with Crippen molar-refractivity contribution in [2.24, 2.45) is 16.1 Å². The summed E-state index contributed by atoms with van der Waals surface area (Å²) < 4.78 is 20.9. The van der Waals surface area contributed by atoms with Crippen molar-refractivity contribution in [2.75, 3.05) is 0 Å². The van der Waals surface area contributed by atoms with Crippen LogP contribution in [0, 0.1) is 11.2 Å². The Kier molecular flexibility index (Phi) is 8.16. The number of allylic oxidation sites excluding steroid dienone is 2. The van der Waals surface area contributed by atoms with Gasteiger partial charge in [-0.05, 0) is 91.6 Å². The van der Waals surface area contributed by atoms with E-state index in [2.05, 4.69) is 38.8 Å². The first-order valence-corrected chi connectivity index (χ1v) is 16.0. The van der Waals surface area contributed by atoms with E-state index in [1.165, 1.54) is 17.7 Å². The molecule has 5 nitrogen and oxygen atoms in total. The largest absolute Gasteiger partial charge is 0.410 e. The SMILES string of the molecule is CC[Si](CC)(CC)O[C@@]1(CC(O)c2ccccn2)CCC2=CC(=Nc3ccc(F)cc3)C(=CN)C[C@@]21C. The van der Waals surface area contributed by atoms with Gasteiger partial charge in [-0.2, -0.15) is 0 Å². The lowest BCUT2D eigenvalue weighted by molar-refractivity contribution is -0.0618. The highest BCUT2D eigenvalue weighted by Gasteiger charge is 2.59. The van der Waals surface area contributed by atoms with Crippen LogP contribution in [0.3, 0.4) is 0 Å². The number of benzene rings is 1. The van der Waals surface area contributed by atoms with Crippen LogP contribution < -0.4 is 5.73 Å². The van der Waals surface area contributed by atoms with Crippen LogP contribution in [0.15, 0.2) is 77.1 Å². The van der Waals surface area contributed by atoms with Crippen LogP contribution in [0.25, 0.3) is 0 Å². The molecule has 3 atom stereocenters. The smallest absolute Gasteiger partial charge is 0.192 e. The monoisotopic (exact) mass is 521 g/mol. The van der Waals surface area contributed by atoms with Crippen LogP contribution >= 0.6 is 0 Å². The molecule has 1 aromatic heterocycles. The molecule has 1 unspecified atom stereocenters. The lowest BCUT2D eigenvalue weighted by atomic mass is 9.64. The van der Waals surface area contributed by atoms with Crippen molar-refractivity contribution in [3.05, 3.63) is 83.6 Å². The van der Waals surface area contributed by atoms with E-state index in [1.807, 2.05) is 18.2 Å². The van der Waals surface area contributed by atoms with Gasteiger partial charge in [0.25, 0.3) is 0 Å². The predicted octanol–water partition coefficient (Wildman–Crippen LogP) is 7.15. The molecule has 1 saturated carbocycles. The minimum Gasteiger partial charge on any atom is -0.410 e. The highest BCUT2D eigenvalue weighted by atomic mass is 28.4. The maximum absolute atomic E-state index is 13.4. The zero-order valence-electron chi connectivity index (χ0n) is 22.5. The van der Waals surface area contributed by atoms with E-state index in [9.17, 15) is 9.50 Å². The molecular formula is C30H40FN3O2Si. The quantitative estimate of drug-likeness (QED) is 0.343. The van der Waals surface area contributed by atoms with Crippen molar-refractivity contribution < 1.29 is 13.9 Å². The van der Waals surface area contributed by atoms with E-state index in [1.54, 1.807) is 24.5 Å². The average Bonchev–Trinajstić information content (AvgIpc) is 3.19. The maximum Gasteiger partial charge on any atom is 0.192 e. The second kappa shape index (κ2) is 11.0. The van der Waals surface area contributed by atoms with Gasteiger partial charge >= 0.3 is 0 Å². The summed E-state index contributed by atoms with van der Waals surface area (Å²) in [6.45, 7) is 9.01. The Balaban J connectivity index is 1.79. The van der Waals surface area contributed by atoms with Gasteiger partial charge in [0.05, 0.1) is 28.8 Å². The topological polar surface area (TPSA) is 80.7 Å². The molecule has 1 fully saturated rings. The molecule has 4 rings (SSSR count). The molecule has 0 bridgehead atoms. The van der Waals surface area contributed by atoms with Crippen molar-refractivity contribution in [1.29, 1.82) is 0 Å². The molecule has 2 aliphatic carbocycles. The fourth-order valence-electron chi connectivity index (χ4n) is 6.22. The van der Waals surface area contributed by atoms with Gasteiger partial charge in [-0.1, -0.05) is 39.3 Å². The standard InChI is InChI=1S/C30H40FN3O2Si/c1-5-37(6-2,7-3)36-30(20-28(35)26-10-8-9-17-33-26)16-15-23-18-27(22(21-32)19-29(23,30)4)34-25-13-11-24(31)12-14-25/h8-14,17-18,21,28,35H,5-7,15-16,19-20,32H2,1-4H3/t28?,29-,30+/m0/s1. The predicted molar refractivity (Wildman–Crippen MR) is 151 cm³/mol. The summed E-state index contributed by atoms with van der Waals surface area (Å²) in [5, 5.41) is 11.4. The Labute approximate surface area is 221 Å². The Hall–Kier alpha value is -2.61. The molecule has 0 radical (unpaired) electrons. The van der Waals surface area contributed by atoms with Gasteiger partial charge < -0.3 is 15.3 Å². The summed E-state index contributed by atoms with van der Waals surface area (Å²) in [5.74, 6) is -0.285. The summed E-state index contributed by atoms with van der Waals surface area (Å²) in [5.41, 5.74) is 9.69. The minimum absolute atomic E-state index is 0.285. The molecule has 0 spiro atoms. The van der Waals surface area contributed by atoms with E-state index in [-0.39, 0.29) is 11.2 Å². The summed E-state index contributed by atoms with van der Waals surface area (Å²) >= 11 is 0. The number of aliphatic hydroxyl groups excluding tert-OH is 1. The number of pyridine rings is 1. The van der Waals surface area contributed by atoms with Crippen molar-refractivity contribution in [3.8, 4) is 0 Å². The van der Waals surface area contributed by atoms with Crippen LogP contribution in [0.4, 0.5) is 10.1 Å². The zero-order chi connectivity index (χ0) is 26.7. The molecule has 0 aliphatic heterocycles. The van der Waals surface area contributed by atoms with Crippen molar-refractivity contribution in [1.82, 2.24) is 4.98 Å². The summed E-state index contributed by atoms with van der Waals surface area (Å²) in [6.07, 6.45) is 7.64. The number of aliphatic hydroxyl groups is 1. The molecule has 1 aromatic carbocycles. The summed E-state index contributed by atoms with van der Waals surface area (Å²) in [4.78, 5) is 9.26. The number of fused-ring (bicyclic) bond motifs is 1. The summed E-state index contributed by atoms with van der Waals surface area (Å²) in [6, 6.07) is 15.0. The average molecular weight is 522 g/mol. The molecule has 2 aromatic rings. The van der Waals surface area contributed by atoms with Crippen LogP contribution in [0.5, 0.6) is 0 Å². The van der Waals surface area contributed by atoms with Crippen LogP contribution in [-0.2, 0) is 4.43 Å². The number of hydrogen-bond acceptors (Lipinski definition) is 5. The molecule has 7 heteroatoms. The van der Waals surface area contributed by atoms with Gasteiger partial charge in [0, 0.05) is 18.0 Å². The van der Waals surface area contributed by atoms with Gasteiger partial charge in [-0.3, -0.25) is 4.98 Å². The third kappa shape index (κ3) is 5.22. The second-order valence-electron chi connectivity index (χ2n) is 10.7. The molecule has 0 amide bonds. The lowest BCUT2D eigenvalue weighted by Crippen LogP contribution is -2.55. The Morgan fingerprint density at radius 1 is 1.16 bits per heavy atom. The molecule has 37 heavy (non-hydrogen) atoms. The number of nitrogens with two attached hydrogens (primary N) is 1. The number of aliphatic imine (C=N–C) groups is 1. The first kappa shape index (κ1) is 27.4. The number of halogens is 1. The fraction of sp³-hybridized carbons (Fsp3) is 0.467. The molecule has 2 aliphatic rings. The molecule has 3 N–H and O–H groups in total. The van der Waals surface area contributed by atoms with E-state index in [4.69, 9.17) is 15.2 Å². The van der Waals surface area contributed by atoms with Gasteiger partial charge in [-0.15, -0.1) is 0 Å². The maximum atomic E-state index is 13.4. The highest BCUT2D eigenvalue weighted by molar-refractivity contribution is 6.73. The number of aromatic nitrogens is 1. The van der Waals surface area contributed by atoms with E-state index in [0.717, 1.165) is 42.3 Å².